The Morgan fingerprint density at radius 1 is 1.10 bits per heavy atom. The third-order valence-electron chi connectivity index (χ3n) is 4.93. The van der Waals surface area contributed by atoms with Gasteiger partial charge in [-0.3, -0.25) is 4.79 Å². The highest BCUT2D eigenvalue weighted by Crippen LogP contribution is 2.35. The SMILES string of the molecule is COCCN(C=O)c1ccc(-c2cc(-c3cccc(Br)c3)c3c(N)ncnc3n2)cc1. The maximum atomic E-state index is 11.4. The van der Waals surface area contributed by atoms with Crippen molar-refractivity contribution in [2.24, 2.45) is 0 Å². The molecular weight excluding hydrogens is 458 g/mol. The molecule has 0 atom stereocenters. The monoisotopic (exact) mass is 477 g/mol. The van der Waals surface area contributed by atoms with Gasteiger partial charge in [-0.15, -0.1) is 0 Å². The summed E-state index contributed by atoms with van der Waals surface area (Å²) in [6.45, 7) is 0.945. The number of nitrogens with zero attached hydrogens (tertiary/aromatic N) is 4. The number of methoxy groups -OCH3 is 1. The molecule has 7 nitrogen and oxygen atoms in total. The third-order valence-corrected chi connectivity index (χ3v) is 5.42. The zero-order valence-corrected chi connectivity index (χ0v) is 18.4. The predicted octanol–water partition coefficient (Wildman–Crippen LogP) is 4.31. The molecule has 0 aliphatic heterocycles. The molecule has 0 radical (unpaired) electrons. The van der Waals surface area contributed by atoms with E-state index in [4.69, 9.17) is 15.5 Å². The fourth-order valence-electron chi connectivity index (χ4n) is 3.38. The molecule has 0 aliphatic rings. The first-order chi connectivity index (χ1) is 15.1. The third kappa shape index (κ3) is 4.40. The fourth-order valence-corrected chi connectivity index (χ4v) is 3.77. The van der Waals surface area contributed by atoms with Crippen molar-refractivity contribution >= 4 is 44.9 Å². The Balaban J connectivity index is 1.81. The zero-order chi connectivity index (χ0) is 21.8. The maximum absolute atomic E-state index is 11.4. The first-order valence-corrected chi connectivity index (χ1v) is 10.4. The van der Waals surface area contributed by atoms with E-state index in [0.717, 1.165) is 39.0 Å². The van der Waals surface area contributed by atoms with Gasteiger partial charge in [0.1, 0.15) is 12.1 Å². The lowest BCUT2D eigenvalue weighted by Crippen LogP contribution is -2.25. The topological polar surface area (TPSA) is 94.2 Å². The van der Waals surface area contributed by atoms with Crippen LogP contribution in [0.3, 0.4) is 0 Å². The summed E-state index contributed by atoms with van der Waals surface area (Å²) in [7, 11) is 1.61. The summed E-state index contributed by atoms with van der Waals surface area (Å²) in [4.78, 5) is 26.2. The summed E-state index contributed by atoms with van der Waals surface area (Å²) >= 11 is 3.53. The number of nitrogen functional groups attached to an aromatic ring is 1. The quantitative estimate of drug-likeness (QED) is 0.398. The number of hydrogen-bond donors (Lipinski definition) is 1. The van der Waals surface area contributed by atoms with Gasteiger partial charge in [0.05, 0.1) is 17.7 Å². The number of halogens is 1. The summed E-state index contributed by atoms with van der Waals surface area (Å²) in [6.07, 6.45) is 2.22. The van der Waals surface area contributed by atoms with Gasteiger partial charge in [0.25, 0.3) is 0 Å². The van der Waals surface area contributed by atoms with E-state index in [1.165, 1.54) is 6.33 Å². The Morgan fingerprint density at radius 3 is 2.61 bits per heavy atom. The van der Waals surface area contributed by atoms with E-state index in [1.54, 1.807) is 12.0 Å². The number of carbonyl (C=O) groups excluding carboxylic acids is 1. The molecule has 1 amide bonds. The Labute approximate surface area is 188 Å². The van der Waals surface area contributed by atoms with Crippen molar-refractivity contribution in [3.8, 4) is 22.4 Å². The molecule has 0 saturated carbocycles. The van der Waals surface area contributed by atoms with Gasteiger partial charge in [0.2, 0.25) is 6.41 Å². The molecule has 0 fully saturated rings. The van der Waals surface area contributed by atoms with Gasteiger partial charge in [0.15, 0.2) is 5.65 Å². The number of anilines is 2. The van der Waals surface area contributed by atoms with Gasteiger partial charge in [0, 0.05) is 29.4 Å². The second-order valence-electron chi connectivity index (χ2n) is 6.86. The van der Waals surface area contributed by atoms with Crippen LogP contribution >= 0.6 is 15.9 Å². The number of aromatic nitrogens is 3. The van der Waals surface area contributed by atoms with Crippen molar-refractivity contribution in [2.45, 2.75) is 0 Å². The van der Waals surface area contributed by atoms with Crippen LogP contribution in [0.4, 0.5) is 11.5 Å². The van der Waals surface area contributed by atoms with Gasteiger partial charge in [-0.05, 0) is 41.5 Å². The molecule has 0 unspecified atom stereocenters. The smallest absolute Gasteiger partial charge is 0.214 e. The lowest BCUT2D eigenvalue weighted by atomic mass is 10.00. The molecule has 4 aromatic rings. The minimum Gasteiger partial charge on any atom is -0.383 e. The van der Waals surface area contributed by atoms with E-state index in [-0.39, 0.29) is 0 Å². The minimum absolute atomic E-state index is 0.383. The van der Waals surface area contributed by atoms with E-state index < -0.39 is 0 Å². The summed E-state index contributed by atoms with van der Waals surface area (Å²) < 4.78 is 6.03. The minimum atomic E-state index is 0.383. The lowest BCUT2D eigenvalue weighted by molar-refractivity contribution is -0.107. The van der Waals surface area contributed by atoms with Crippen LogP contribution in [-0.2, 0) is 9.53 Å². The normalized spacial score (nSPS) is 10.9. The van der Waals surface area contributed by atoms with E-state index in [2.05, 4.69) is 25.9 Å². The number of ether oxygens (including phenoxy) is 1. The van der Waals surface area contributed by atoms with Crippen molar-refractivity contribution in [1.29, 1.82) is 0 Å². The van der Waals surface area contributed by atoms with E-state index in [9.17, 15) is 4.79 Å². The second-order valence-corrected chi connectivity index (χ2v) is 7.78. The summed E-state index contributed by atoms with van der Waals surface area (Å²) in [5.41, 5.74) is 11.0. The largest absolute Gasteiger partial charge is 0.383 e. The maximum Gasteiger partial charge on any atom is 0.214 e. The van der Waals surface area contributed by atoms with Gasteiger partial charge in [-0.1, -0.05) is 40.2 Å². The summed E-state index contributed by atoms with van der Waals surface area (Å²) in [6, 6.07) is 17.6. The molecule has 0 bridgehead atoms. The van der Waals surface area contributed by atoms with Gasteiger partial charge < -0.3 is 15.4 Å². The van der Waals surface area contributed by atoms with Gasteiger partial charge >= 0.3 is 0 Å². The van der Waals surface area contributed by atoms with Crippen molar-refractivity contribution in [2.75, 3.05) is 30.9 Å². The molecule has 8 heteroatoms. The van der Waals surface area contributed by atoms with Crippen molar-refractivity contribution in [3.05, 3.63) is 65.4 Å². The Bertz CT molecular complexity index is 1230. The van der Waals surface area contributed by atoms with Crippen LogP contribution in [0.1, 0.15) is 0 Å². The van der Waals surface area contributed by atoms with Crippen molar-refractivity contribution in [3.63, 3.8) is 0 Å². The molecule has 2 aromatic carbocycles. The first kappa shape index (κ1) is 20.9. The number of nitrogens with two attached hydrogens (primary N) is 1. The average Bonchev–Trinajstić information content (AvgIpc) is 2.79. The number of hydrogen-bond acceptors (Lipinski definition) is 6. The van der Waals surface area contributed by atoms with Crippen LogP contribution in [0.25, 0.3) is 33.4 Å². The Hall–Kier alpha value is -3.36. The van der Waals surface area contributed by atoms with Crippen LogP contribution in [0.2, 0.25) is 0 Å². The molecule has 2 heterocycles. The Morgan fingerprint density at radius 2 is 1.90 bits per heavy atom. The molecule has 156 valence electrons. The van der Waals surface area contributed by atoms with E-state index >= 15 is 0 Å². The van der Waals surface area contributed by atoms with Gasteiger partial charge in [-0.2, -0.15) is 0 Å². The number of carbonyl (C=O) groups is 1. The first-order valence-electron chi connectivity index (χ1n) is 9.59. The molecule has 2 N–H and O–H groups in total. The molecular formula is C23H20BrN5O2. The number of amides is 1. The molecule has 4 rings (SSSR count). The lowest BCUT2D eigenvalue weighted by Gasteiger charge is -2.17. The molecule has 0 saturated heterocycles. The second kappa shape index (κ2) is 9.20. The van der Waals surface area contributed by atoms with E-state index in [1.807, 2.05) is 54.6 Å². The van der Waals surface area contributed by atoms with Crippen LogP contribution < -0.4 is 10.6 Å². The molecule has 0 aliphatic carbocycles. The van der Waals surface area contributed by atoms with E-state index in [0.29, 0.717) is 30.0 Å². The number of pyridine rings is 1. The summed E-state index contributed by atoms with van der Waals surface area (Å²) in [5, 5.41) is 0.715. The summed E-state index contributed by atoms with van der Waals surface area (Å²) in [5.74, 6) is 0.383. The highest BCUT2D eigenvalue weighted by molar-refractivity contribution is 9.10. The predicted molar refractivity (Wildman–Crippen MR) is 126 cm³/mol. The number of fused-ring (bicyclic) bond motifs is 1. The van der Waals surface area contributed by atoms with Crippen LogP contribution in [0, 0.1) is 0 Å². The number of benzene rings is 2. The highest BCUT2D eigenvalue weighted by atomic mass is 79.9. The van der Waals surface area contributed by atoms with Crippen molar-refractivity contribution in [1.82, 2.24) is 15.0 Å². The van der Waals surface area contributed by atoms with Crippen LogP contribution in [-0.4, -0.2) is 41.6 Å². The standard InChI is InChI=1S/C23H20BrN5O2/c1-31-10-9-29(14-30)18-7-5-15(6-8-18)20-12-19(16-3-2-4-17(24)11-16)21-22(25)26-13-27-23(21)28-20/h2-8,11-14H,9-10H2,1H3,(H2,25,26,27,28). The Kier molecular flexibility index (Phi) is 6.20. The molecule has 31 heavy (non-hydrogen) atoms. The average molecular weight is 478 g/mol. The van der Waals surface area contributed by atoms with Gasteiger partial charge in [-0.25, -0.2) is 15.0 Å². The number of rotatable bonds is 7. The van der Waals surface area contributed by atoms with Crippen LogP contribution in [0.5, 0.6) is 0 Å². The molecule has 0 spiro atoms. The highest BCUT2D eigenvalue weighted by Gasteiger charge is 2.14. The van der Waals surface area contributed by atoms with Crippen LogP contribution in [0.15, 0.2) is 65.4 Å². The van der Waals surface area contributed by atoms with Crippen molar-refractivity contribution < 1.29 is 9.53 Å². The fraction of sp³-hybridized carbons (Fsp3) is 0.130. The molecule has 2 aromatic heterocycles. The zero-order valence-electron chi connectivity index (χ0n) is 16.8.